The molecule has 0 aromatic carbocycles. The molecule has 3 rings (SSSR count). The molecule has 2 aliphatic rings. The monoisotopic (exact) mass is 349 g/mol. The first-order chi connectivity index (χ1) is 11.7. The van der Waals surface area contributed by atoms with Gasteiger partial charge < -0.3 is 20.4 Å². The van der Waals surface area contributed by atoms with E-state index < -0.39 is 0 Å². The van der Waals surface area contributed by atoms with Crippen LogP contribution in [-0.2, 0) is 0 Å². The van der Waals surface area contributed by atoms with E-state index in [1.54, 1.807) is 0 Å². The van der Waals surface area contributed by atoms with Crippen molar-refractivity contribution in [2.45, 2.75) is 31.7 Å². The molecule has 0 radical (unpaired) electrons. The van der Waals surface area contributed by atoms with Gasteiger partial charge in [0.1, 0.15) is 0 Å². The normalized spacial score (nSPS) is 24.2. The van der Waals surface area contributed by atoms with E-state index in [0.29, 0.717) is 6.04 Å². The highest BCUT2D eigenvalue weighted by Crippen LogP contribution is 2.24. The lowest BCUT2D eigenvalue weighted by Crippen LogP contribution is -2.50. The summed E-state index contributed by atoms with van der Waals surface area (Å²) in [6, 6.07) is 4.89. The third kappa shape index (κ3) is 4.86. The Hall–Kier alpha value is -1.27. The molecular formula is C18H31N5S. The molecule has 6 heteroatoms. The maximum Gasteiger partial charge on any atom is 0.191 e. The van der Waals surface area contributed by atoms with Crippen LogP contribution in [0.25, 0.3) is 0 Å². The minimum Gasteiger partial charge on any atom is -0.363 e. The van der Waals surface area contributed by atoms with Crippen molar-refractivity contribution in [2.75, 3.05) is 51.7 Å². The van der Waals surface area contributed by atoms with E-state index in [4.69, 9.17) is 0 Å². The second-order valence-electron chi connectivity index (χ2n) is 7.08. The highest BCUT2D eigenvalue weighted by Gasteiger charge is 2.21. The van der Waals surface area contributed by atoms with Gasteiger partial charge in [0, 0.05) is 39.3 Å². The van der Waals surface area contributed by atoms with E-state index in [1.807, 2.05) is 18.4 Å². The summed E-state index contributed by atoms with van der Waals surface area (Å²) in [6.45, 7) is 5.72. The lowest BCUT2D eigenvalue weighted by atomic mass is 9.98. The van der Waals surface area contributed by atoms with Crippen LogP contribution >= 0.6 is 11.3 Å². The zero-order valence-corrected chi connectivity index (χ0v) is 15.8. The lowest BCUT2D eigenvalue weighted by Gasteiger charge is -2.34. The van der Waals surface area contributed by atoms with Crippen LogP contribution < -0.4 is 15.5 Å². The van der Waals surface area contributed by atoms with Gasteiger partial charge in [0.15, 0.2) is 5.96 Å². The van der Waals surface area contributed by atoms with E-state index in [0.717, 1.165) is 31.5 Å². The van der Waals surface area contributed by atoms with Gasteiger partial charge in [-0.05, 0) is 62.7 Å². The molecule has 0 aliphatic carbocycles. The number of likely N-dealkylation sites (tertiary alicyclic amines) is 1. The number of hydrogen-bond acceptors (Lipinski definition) is 4. The van der Waals surface area contributed by atoms with Crippen molar-refractivity contribution in [2.24, 2.45) is 10.9 Å². The highest BCUT2D eigenvalue weighted by molar-refractivity contribution is 7.14. The van der Waals surface area contributed by atoms with Crippen LogP contribution in [0, 0.1) is 5.92 Å². The van der Waals surface area contributed by atoms with Gasteiger partial charge in [-0.15, -0.1) is 11.3 Å². The quantitative estimate of drug-likeness (QED) is 0.646. The Balaban J connectivity index is 1.40. The third-order valence-electron chi connectivity index (χ3n) is 5.16. The summed E-state index contributed by atoms with van der Waals surface area (Å²) in [5.74, 6) is 1.71. The Morgan fingerprint density at radius 1 is 1.29 bits per heavy atom. The van der Waals surface area contributed by atoms with Crippen LogP contribution in [0.4, 0.5) is 5.00 Å². The molecule has 2 N–H and O–H groups in total. The molecule has 1 atom stereocenters. The average Bonchev–Trinajstić information content (AvgIpc) is 3.14. The number of aliphatic imine (C=N–C) groups is 1. The molecule has 0 saturated carbocycles. The topological polar surface area (TPSA) is 42.9 Å². The van der Waals surface area contributed by atoms with E-state index in [9.17, 15) is 0 Å². The zero-order chi connectivity index (χ0) is 16.8. The lowest BCUT2D eigenvalue weighted by molar-refractivity contribution is 0.210. The molecule has 2 aliphatic heterocycles. The predicted molar refractivity (Wildman–Crippen MR) is 104 cm³/mol. The van der Waals surface area contributed by atoms with Crippen LogP contribution in [0.2, 0.25) is 0 Å². The minimum absolute atomic E-state index is 0.529. The Morgan fingerprint density at radius 2 is 2.12 bits per heavy atom. The van der Waals surface area contributed by atoms with Gasteiger partial charge in [-0.25, -0.2) is 0 Å². The van der Waals surface area contributed by atoms with Crippen molar-refractivity contribution in [3.8, 4) is 0 Å². The van der Waals surface area contributed by atoms with Gasteiger partial charge in [0.05, 0.1) is 5.00 Å². The first kappa shape index (κ1) is 17.5. The fraction of sp³-hybridized carbons (Fsp3) is 0.722. The van der Waals surface area contributed by atoms with Crippen LogP contribution in [-0.4, -0.2) is 63.7 Å². The van der Waals surface area contributed by atoms with Gasteiger partial charge in [-0.3, -0.25) is 4.99 Å². The van der Waals surface area contributed by atoms with Gasteiger partial charge >= 0.3 is 0 Å². The van der Waals surface area contributed by atoms with Gasteiger partial charge in [-0.1, -0.05) is 0 Å². The number of guanidine groups is 1. The first-order valence-corrected chi connectivity index (χ1v) is 10.1. The van der Waals surface area contributed by atoms with Crippen LogP contribution in [0.3, 0.4) is 0 Å². The maximum absolute atomic E-state index is 4.42. The smallest absolute Gasteiger partial charge is 0.191 e. The van der Waals surface area contributed by atoms with Crippen molar-refractivity contribution < 1.29 is 0 Å². The van der Waals surface area contributed by atoms with Crippen molar-refractivity contribution >= 4 is 22.3 Å². The molecule has 0 spiro atoms. The summed E-state index contributed by atoms with van der Waals surface area (Å²) in [5, 5.41) is 10.7. The van der Waals surface area contributed by atoms with Crippen molar-refractivity contribution in [3.63, 3.8) is 0 Å². The van der Waals surface area contributed by atoms with Crippen molar-refractivity contribution in [1.82, 2.24) is 15.5 Å². The Morgan fingerprint density at radius 3 is 2.79 bits per heavy atom. The molecule has 0 amide bonds. The Bertz CT molecular complexity index is 507. The molecule has 1 aromatic heterocycles. The summed E-state index contributed by atoms with van der Waals surface area (Å²) in [5.41, 5.74) is 0. The van der Waals surface area contributed by atoms with E-state index >= 15 is 0 Å². The number of rotatable bonds is 4. The highest BCUT2D eigenvalue weighted by atomic mass is 32.1. The van der Waals surface area contributed by atoms with Crippen LogP contribution in [0.1, 0.15) is 25.7 Å². The summed E-state index contributed by atoms with van der Waals surface area (Å²) < 4.78 is 0. The van der Waals surface area contributed by atoms with Gasteiger partial charge in [0.25, 0.3) is 0 Å². The van der Waals surface area contributed by atoms with E-state index in [1.165, 1.54) is 43.8 Å². The fourth-order valence-corrected chi connectivity index (χ4v) is 4.55. The summed E-state index contributed by atoms with van der Waals surface area (Å²) >= 11 is 1.84. The molecule has 1 aromatic rings. The molecule has 3 heterocycles. The molecule has 2 saturated heterocycles. The molecular weight excluding hydrogens is 318 g/mol. The molecule has 24 heavy (non-hydrogen) atoms. The molecule has 0 bridgehead atoms. The summed E-state index contributed by atoms with van der Waals surface area (Å²) in [6.07, 6.45) is 4.99. The minimum atomic E-state index is 0.529. The largest absolute Gasteiger partial charge is 0.363 e. The van der Waals surface area contributed by atoms with Gasteiger partial charge in [-0.2, -0.15) is 0 Å². The number of nitrogens with one attached hydrogen (secondary N) is 2. The van der Waals surface area contributed by atoms with Crippen molar-refractivity contribution in [3.05, 3.63) is 17.5 Å². The molecule has 1 unspecified atom stereocenters. The number of thiophene rings is 1. The predicted octanol–water partition coefficient (Wildman–Crippen LogP) is 2.22. The zero-order valence-electron chi connectivity index (χ0n) is 15.0. The fourth-order valence-electron chi connectivity index (χ4n) is 3.76. The summed E-state index contributed by atoms with van der Waals surface area (Å²) in [7, 11) is 4.10. The summed E-state index contributed by atoms with van der Waals surface area (Å²) in [4.78, 5) is 9.36. The number of anilines is 1. The second kappa shape index (κ2) is 8.72. The SMILES string of the molecule is CN=C(NCC1CCCN(C)C1)NC1CCN(c2cccs2)CC1. The molecule has 5 nitrogen and oxygen atoms in total. The number of nitrogens with zero attached hydrogens (tertiary/aromatic N) is 3. The average molecular weight is 350 g/mol. The third-order valence-corrected chi connectivity index (χ3v) is 6.09. The standard InChI is InChI=1S/C18H31N5S/c1-19-18(20-13-15-5-3-9-22(2)14-15)21-16-7-10-23(11-8-16)17-6-4-12-24-17/h4,6,12,15-16H,3,5,7-11,13-14H2,1-2H3,(H2,19,20,21). The number of piperidine rings is 2. The van der Waals surface area contributed by atoms with E-state index in [2.05, 4.69) is 50.0 Å². The van der Waals surface area contributed by atoms with Crippen LogP contribution in [0.15, 0.2) is 22.5 Å². The number of hydrogen-bond donors (Lipinski definition) is 2. The Labute approximate surface area is 150 Å². The maximum atomic E-state index is 4.42. The van der Waals surface area contributed by atoms with Crippen molar-refractivity contribution in [1.29, 1.82) is 0 Å². The Kier molecular flexibility index (Phi) is 6.37. The molecule has 2 fully saturated rings. The van der Waals surface area contributed by atoms with E-state index in [-0.39, 0.29) is 0 Å². The first-order valence-electron chi connectivity index (χ1n) is 9.19. The molecule has 134 valence electrons. The second-order valence-corrected chi connectivity index (χ2v) is 8.01. The van der Waals surface area contributed by atoms with Gasteiger partial charge in [0.2, 0.25) is 0 Å². The van der Waals surface area contributed by atoms with Crippen LogP contribution in [0.5, 0.6) is 0 Å².